The zero-order valence-corrected chi connectivity index (χ0v) is 9.32. The van der Waals surface area contributed by atoms with Crippen LogP contribution >= 0.6 is 0 Å². The molecular weight excluding hydrogens is 184 g/mol. The van der Waals surface area contributed by atoms with Gasteiger partial charge in [0, 0.05) is 13.1 Å². The number of benzene rings is 1. The monoisotopic (exact) mass is 203 g/mol. The van der Waals surface area contributed by atoms with Crippen molar-refractivity contribution in [2.24, 2.45) is 0 Å². The molecule has 0 bridgehead atoms. The fourth-order valence-electron chi connectivity index (χ4n) is 2.30. The van der Waals surface area contributed by atoms with E-state index in [1.807, 2.05) is 0 Å². The van der Waals surface area contributed by atoms with Crippen LogP contribution in [0.25, 0.3) is 0 Å². The fraction of sp³-hybridized carbons (Fsp3) is 0.385. The summed E-state index contributed by atoms with van der Waals surface area (Å²) in [4.78, 5) is 0. The topological polar surface area (TPSA) is 12.0 Å². The first-order valence-electron chi connectivity index (χ1n) is 5.64. The minimum atomic E-state index is 0.990. The van der Waals surface area contributed by atoms with Crippen LogP contribution in [0.4, 0.5) is 5.69 Å². The van der Waals surface area contributed by atoms with Crippen LogP contribution in [0.15, 0.2) is 42.6 Å². The first-order chi connectivity index (χ1) is 7.37. The normalized spacial score (nSPS) is 20.6. The third kappa shape index (κ3) is 2.11. The van der Waals surface area contributed by atoms with Crippen LogP contribution in [0, 0.1) is 0 Å². The molecule has 2 heteroatoms. The Balaban J connectivity index is 2.33. The Morgan fingerprint density at radius 2 is 1.80 bits per heavy atom. The van der Waals surface area contributed by atoms with Gasteiger partial charge in [-0.3, -0.25) is 4.48 Å². The lowest BCUT2D eigenvalue weighted by molar-refractivity contribution is 0.319. The Bertz CT molecular complexity index is 324. The summed E-state index contributed by atoms with van der Waals surface area (Å²) in [5, 5.41) is 3.42. The van der Waals surface area contributed by atoms with E-state index in [4.69, 9.17) is 0 Å². The number of nitrogens with one attached hydrogen (secondary N) is 1. The molecule has 1 heterocycles. The van der Waals surface area contributed by atoms with Gasteiger partial charge >= 0.3 is 0 Å². The number of nitrogens with zero attached hydrogens (tertiary/aromatic N) is 1. The molecule has 1 aliphatic rings. The van der Waals surface area contributed by atoms with E-state index < -0.39 is 0 Å². The summed E-state index contributed by atoms with van der Waals surface area (Å²) in [5.74, 6) is 0. The molecular formula is C13H19N2+. The summed E-state index contributed by atoms with van der Waals surface area (Å²) in [6.45, 7) is 6.59. The summed E-state index contributed by atoms with van der Waals surface area (Å²) in [5.41, 5.74) is 1.40. The Kier molecular flexibility index (Phi) is 3.19. The SMILES string of the molecule is C/C=C\[N+]1(c2ccccc2)CCNCC1. The van der Waals surface area contributed by atoms with E-state index in [1.165, 1.54) is 5.69 Å². The van der Waals surface area contributed by atoms with E-state index in [2.05, 4.69) is 54.8 Å². The van der Waals surface area contributed by atoms with E-state index in [-0.39, 0.29) is 0 Å². The first-order valence-corrected chi connectivity index (χ1v) is 5.64. The summed E-state index contributed by atoms with van der Waals surface area (Å²) >= 11 is 0. The van der Waals surface area contributed by atoms with Gasteiger partial charge in [0.05, 0.1) is 6.20 Å². The second-order valence-corrected chi connectivity index (χ2v) is 4.05. The van der Waals surface area contributed by atoms with E-state index in [0.717, 1.165) is 30.7 Å². The lowest BCUT2D eigenvalue weighted by atomic mass is 10.2. The maximum atomic E-state index is 3.42. The number of rotatable bonds is 2. The number of hydrogen-bond donors (Lipinski definition) is 1. The molecule has 0 radical (unpaired) electrons. The molecule has 1 saturated heterocycles. The second-order valence-electron chi connectivity index (χ2n) is 4.05. The predicted octanol–water partition coefficient (Wildman–Crippen LogP) is 2.13. The minimum absolute atomic E-state index is 0.990. The Morgan fingerprint density at radius 3 is 2.40 bits per heavy atom. The van der Waals surface area contributed by atoms with Gasteiger partial charge in [-0.05, 0) is 25.1 Å². The van der Waals surface area contributed by atoms with Crippen LogP contribution in [0.2, 0.25) is 0 Å². The van der Waals surface area contributed by atoms with Crippen molar-refractivity contribution in [2.45, 2.75) is 6.92 Å². The molecule has 1 fully saturated rings. The highest BCUT2D eigenvalue weighted by molar-refractivity contribution is 5.45. The average Bonchev–Trinajstić information content (AvgIpc) is 2.32. The first kappa shape index (κ1) is 10.4. The number of hydrogen-bond acceptors (Lipinski definition) is 1. The van der Waals surface area contributed by atoms with Gasteiger partial charge in [0.15, 0.2) is 0 Å². The number of para-hydroxylation sites is 1. The average molecular weight is 203 g/mol. The smallest absolute Gasteiger partial charge is 0.137 e. The maximum absolute atomic E-state index is 3.42. The van der Waals surface area contributed by atoms with Crippen LogP contribution in [-0.4, -0.2) is 26.2 Å². The van der Waals surface area contributed by atoms with Gasteiger partial charge in [-0.15, -0.1) is 0 Å². The van der Waals surface area contributed by atoms with E-state index >= 15 is 0 Å². The van der Waals surface area contributed by atoms with Crippen molar-refractivity contribution < 1.29 is 0 Å². The van der Waals surface area contributed by atoms with Crippen LogP contribution in [0.5, 0.6) is 0 Å². The Labute approximate surface area is 91.8 Å². The molecule has 1 aromatic rings. The number of allylic oxidation sites excluding steroid dienone is 1. The molecule has 1 aromatic carbocycles. The van der Waals surface area contributed by atoms with E-state index in [0.29, 0.717) is 0 Å². The van der Waals surface area contributed by atoms with Crippen molar-refractivity contribution in [1.82, 2.24) is 9.80 Å². The van der Waals surface area contributed by atoms with Crippen LogP contribution < -0.4 is 9.80 Å². The Morgan fingerprint density at radius 1 is 1.13 bits per heavy atom. The van der Waals surface area contributed by atoms with Gasteiger partial charge in [0.1, 0.15) is 18.8 Å². The molecule has 2 rings (SSSR count). The molecule has 0 unspecified atom stereocenters. The number of piperazine rings is 1. The molecule has 2 nitrogen and oxygen atoms in total. The van der Waals surface area contributed by atoms with Gasteiger partial charge < -0.3 is 5.32 Å². The lowest BCUT2D eigenvalue weighted by Gasteiger charge is -2.37. The summed E-state index contributed by atoms with van der Waals surface area (Å²) in [7, 11) is 0. The van der Waals surface area contributed by atoms with Gasteiger partial charge in [-0.2, -0.15) is 0 Å². The van der Waals surface area contributed by atoms with Crippen molar-refractivity contribution >= 4 is 5.69 Å². The van der Waals surface area contributed by atoms with E-state index in [9.17, 15) is 0 Å². The van der Waals surface area contributed by atoms with Gasteiger partial charge in [0.25, 0.3) is 0 Å². The molecule has 1 aliphatic heterocycles. The summed E-state index contributed by atoms with van der Waals surface area (Å²) in [6, 6.07) is 10.8. The summed E-state index contributed by atoms with van der Waals surface area (Å²) in [6.07, 6.45) is 4.48. The molecule has 0 atom stereocenters. The lowest BCUT2D eigenvalue weighted by Crippen LogP contribution is -2.56. The van der Waals surface area contributed by atoms with Crippen LogP contribution in [-0.2, 0) is 0 Å². The Hall–Kier alpha value is -1.12. The minimum Gasteiger partial charge on any atom is -0.306 e. The third-order valence-electron chi connectivity index (χ3n) is 3.08. The molecule has 0 saturated carbocycles. The molecule has 0 aromatic heterocycles. The van der Waals surface area contributed by atoms with Gasteiger partial charge in [0.2, 0.25) is 0 Å². The van der Waals surface area contributed by atoms with Crippen molar-refractivity contribution in [2.75, 3.05) is 26.2 Å². The fourth-order valence-corrected chi connectivity index (χ4v) is 2.30. The molecule has 80 valence electrons. The zero-order chi connectivity index (χ0) is 10.6. The third-order valence-corrected chi connectivity index (χ3v) is 3.08. The largest absolute Gasteiger partial charge is 0.306 e. The van der Waals surface area contributed by atoms with Crippen molar-refractivity contribution in [3.63, 3.8) is 0 Å². The maximum Gasteiger partial charge on any atom is 0.137 e. The standard InChI is InChI=1S/C13H19N2/c1-2-10-15(11-8-14-9-12-15)13-6-4-3-5-7-13/h2-7,10,14H,8-9,11-12H2,1H3/q+1/b10-2-. The molecule has 1 N–H and O–H groups in total. The molecule has 0 spiro atoms. The van der Waals surface area contributed by atoms with Crippen LogP contribution in [0.1, 0.15) is 6.92 Å². The number of quaternary nitrogens is 1. The quantitative estimate of drug-likeness (QED) is 0.726. The summed E-state index contributed by atoms with van der Waals surface area (Å²) < 4.78 is 0.990. The van der Waals surface area contributed by atoms with Gasteiger partial charge in [-0.1, -0.05) is 18.2 Å². The highest BCUT2D eigenvalue weighted by Crippen LogP contribution is 2.24. The highest BCUT2D eigenvalue weighted by Gasteiger charge is 2.29. The van der Waals surface area contributed by atoms with E-state index in [1.54, 1.807) is 0 Å². The van der Waals surface area contributed by atoms with Gasteiger partial charge in [-0.25, -0.2) is 0 Å². The van der Waals surface area contributed by atoms with Crippen molar-refractivity contribution in [3.8, 4) is 0 Å². The highest BCUT2D eigenvalue weighted by atomic mass is 15.4. The zero-order valence-electron chi connectivity index (χ0n) is 9.32. The predicted molar refractivity (Wildman–Crippen MR) is 65.7 cm³/mol. The molecule has 0 amide bonds. The second kappa shape index (κ2) is 4.60. The van der Waals surface area contributed by atoms with Crippen molar-refractivity contribution in [1.29, 1.82) is 0 Å². The molecule has 15 heavy (non-hydrogen) atoms. The molecule has 0 aliphatic carbocycles. The van der Waals surface area contributed by atoms with Crippen molar-refractivity contribution in [3.05, 3.63) is 42.6 Å². The van der Waals surface area contributed by atoms with Crippen LogP contribution in [0.3, 0.4) is 0 Å².